The summed E-state index contributed by atoms with van der Waals surface area (Å²) in [6, 6.07) is 13.2. The zero-order valence-electron chi connectivity index (χ0n) is 11.4. The average Bonchev–Trinajstić information content (AvgIpc) is 3.16. The molecular formula is C17H18N2O. The van der Waals surface area contributed by atoms with E-state index in [0.29, 0.717) is 12.0 Å². The molecule has 1 aromatic heterocycles. The molecule has 0 saturated carbocycles. The quantitative estimate of drug-likeness (QED) is 0.907. The number of ether oxygens (including phenoxy) is 1. The maximum absolute atomic E-state index is 5.60. The fourth-order valence-corrected chi connectivity index (χ4v) is 3.37. The van der Waals surface area contributed by atoms with E-state index >= 15 is 0 Å². The van der Waals surface area contributed by atoms with Crippen LogP contribution in [0, 0.1) is 0 Å². The second-order valence-corrected chi connectivity index (χ2v) is 5.55. The van der Waals surface area contributed by atoms with Crippen molar-refractivity contribution in [2.24, 2.45) is 0 Å². The highest BCUT2D eigenvalue weighted by Crippen LogP contribution is 2.39. The number of pyridine rings is 1. The maximum atomic E-state index is 5.60. The number of rotatable bonds is 2. The molecule has 2 aromatic rings. The topological polar surface area (TPSA) is 34.1 Å². The standard InChI is InChI=1S/C17H18N2O/c1-2-8-18-15(3-1)17-14(6-9-19-17)12-4-5-16-13(11-12)7-10-20-16/h1-5,8,11,14,17,19H,6-7,9-10H2/t14-,17?/m1/s1. The van der Waals surface area contributed by atoms with Crippen molar-refractivity contribution < 1.29 is 4.74 Å². The van der Waals surface area contributed by atoms with Crippen LogP contribution in [0.15, 0.2) is 42.6 Å². The molecule has 1 aromatic carbocycles. The molecule has 0 spiro atoms. The minimum Gasteiger partial charge on any atom is -0.493 e. The van der Waals surface area contributed by atoms with Gasteiger partial charge in [-0.3, -0.25) is 4.98 Å². The summed E-state index contributed by atoms with van der Waals surface area (Å²) in [5.74, 6) is 1.57. The zero-order chi connectivity index (χ0) is 13.4. The van der Waals surface area contributed by atoms with Gasteiger partial charge in [0.15, 0.2) is 0 Å². The number of hydrogen-bond donors (Lipinski definition) is 1. The summed E-state index contributed by atoms with van der Waals surface area (Å²) in [5.41, 5.74) is 3.91. The lowest BCUT2D eigenvalue weighted by Gasteiger charge is -2.20. The van der Waals surface area contributed by atoms with Crippen LogP contribution in [0.4, 0.5) is 0 Å². The molecule has 1 fully saturated rings. The lowest BCUT2D eigenvalue weighted by atomic mass is 9.89. The Morgan fingerprint density at radius 1 is 1.20 bits per heavy atom. The van der Waals surface area contributed by atoms with Gasteiger partial charge in [-0.2, -0.15) is 0 Å². The summed E-state index contributed by atoms with van der Waals surface area (Å²) in [7, 11) is 0. The Bertz CT molecular complexity index is 612. The smallest absolute Gasteiger partial charge is 0.122 e. The van der Waals surface area contributed by atoms with Crippen LogP contribution in [-0.2, 0) is 6.42 Å². The third-order valence-electron chi connectivity index (χ3n) is 4.37. The van der Waals surface area contributed by atoms with E-state index in [1.165, 1.54) is 17.5 Å². The van der Waals surface area contributed by atoms with E-state index in [9.17, 15) is 0 Å². The molecule has 2 atom stereocenters. The van der Waals surface area contributed by atoms with Crippen LogP contribution in [0.1, 0.15) is 35.2 Å². The first-order valence-corrected chi connectivity index (χ1v) is 7.32. The van der Waals surface area contributed by atoms with Crippen molar-refractivity contribution in [1.82, 2.24) is 10.3 Å². The SMILES string of the molecule is c1ccc(C2NCC[C@@H]2c2ccc3c(c2)CCO3)nc1. The maximum Gasteiger partial charge on any atom is 0.122 e. The van der Waals surface area contributed by atoms with Crippen LogP contribution in [0.2, 0.25) is 0 Å². The van der Waals surface area contributed by atoms with Gasteiger partial charge < -0.3 is 10.1 Å². The molecule has 3 heterocycles. The molecule has 3 nitrogen and oxygen atoms in total. The molecular weight excluding hydrogens is 248 g/mol. The highest BCUT2D eigenvalue weighted by molar-refractivity contribution is 5.42. The molecule has 0 aliphatic carbocycles. The number of nitrogens with one attached hydrogen (secondary N) is 1. The third-order valence-corrected chi connectivity index (χ3v) is 4.37. The summed E-state index contributed by atoms with van der Waals surface area (Å²) < 4.78 is 5.60. The second kappa shape index (κ2) is 4.91. The lowest BCUT2D eigenvalue weighted by Crippen LogP contribution is -2.18. The van der Waals surface area contributed by atoms with Crippen molar-refractivity contribution >= 4 is 0 Å². The summed E-state index contributed by atoms with van der Waals surface area (Å²) in [5, 5.41) is 3.60. The molecule has 1 saturated heterocycles. The van der Waals surface area contributed by atoms with Crippen LogP contribution in [-0.4, -0.2) is 18.1 Å². The molecule has 0 amide bonds. The van der Waals surface area contributed by atoms with Crippen LogP contribution < -0.4 is 10.1 Å². The van der Waals surface area contributed by atoms with Crippen LogP contribution in [0.3, 0.4) is 0 Å². The number of hydrogen-bond acceptors (Lipinski definition) is 3. The molecule has 0 radical (unpaired) electrons. The van der Waals surface area contributed by atoms with E-state index in [0.717, 1.165) is 31.0 Å². The van der Waals surface area contributed by atoms with Gasteiger partial charge in [0.25, 0.3) is 0 Å². The molecule has 20 heavy (non-hydrogen) atoms. The molecule has 4 rings (SSSR count). The van der Waals surface area contributed by atoms with E-state index in [1.807, 2.05) is 12.3 Å². The van der Waals surface area contributed by atoms with E-state index in [1.54, 1.807) is 0 Å². The van der Waals surface area contributed by atoms with Crippen LogP contribution in [0.5, 0.6) is 5.75 Å². The van der Waals surface area contributed by atoms with E-state index in [2.05, 4.69) is 40.6 Å². The Kier molecular flexibility index (Phi) is 2.92. The van der Waals surface area contributed by atoms with Crippen molar-refractivity contribution in [3.63, 3.8) is 0 Å². The first-order chi connectivity index (χ1) is 9.92. The van der Waals surface area contributed by atoms with E-state index < -0.39 is 0 Å². The number of aromatic nitrogens is 1. The Hall–Kier alpha value is -1.87. The number of benzene rings is 1. The summed E-state index contributed by atoms with van der Waals surface area (Å²) in [6.45, 7) is 1.88. The number of fused-ring (bicyclic) bond motifs is 1. The first-order valence-electron chi connectivity index (χ1n) is 7.32. The molecule has 1 N–H and O–H groups in total. The fourth-order valence-electron chi connectivity index (χ4n) is 3.37. The third kappa shape index (κ3) is 1.98. The first kappa shape index (κ1) is 11.9. The van der Waals surface area contributed by atoms with Crippen molar-refractivity contribution in [1.29, 1.82) is 0 Å². The van der Waals surface area contributed by atoms with E-state index in [4.69, 9.17) is 4.74 Å². The van der Waals surface area contributed by atoms with Gasteiger partial charge in [0.2, 0.25) is 0 Å². The predicted octanol–water partition coefficient (Wildman–Crippen LogP) is 2.83. The van der Waals surface area contributed by atoms with Crippen molar-refractivity contribution in [2.75, 3.05) is 13.2 Å². The minimum absolute atomic E-state index is 0.330. The van der Waals surface area contributed by atoms with Crippen molar-refractivity contribution in [3.05, 3.63) is 59.4 Å². The molecule has 2 aliphatic heterocycles. The summed E-state index contributed by atoms with van der Waals surface area (Å²) in [6.07, 6.45) is 4.08. The fraction of sp³-hybridized carbons (Fsp3) is 0.353. The largest absolute Gasteiger partial charge is 0.493 e. The summed E-state index contributed by atoms with van der Waals surface area (Å²) in [4.78, 5) is 4.52. The second-order valence-electron chi connectivity index (χ2n) is 5.55. The van der Waals surface area contributed by atoms with Gasteiger partial charge in [0.1, 0.15) is 5.75 Å². The van der Waals surface area contributed by atoms with Crippen molar-refractivity contribution in [2.45, 2.75) is 24.8 Å². The predicted molar refractivity (Wildman–Crippen MR) is 78.0 cm³/mol. The number of nitrogens with zero attached hydrogens (tertiary/aromatic N) is 1. The van der Waals surface area contributed by atoms with Gasteiger partial charge in [0.05, 0.1) is 18.3 Å². The van der Waals surface area contributed by atoms with Gasteiger partial charge in [-0.15, -0.1) is 0 Å². The average molecular weight is 266 g/mol. The Morgan fingerprint density at radius 2 is 2.20 bits per heavy atom. The zero-order valence-corrected chi connectivity index (χ0v) is 11.4. The Morgan fingerprint density at radius 3 is 3.10 bits per heavy atom. The molecule has 3 heteroatoms. The van der Waals surface area contributed by atoms with E-state index in [-0.39, 0.29) is 0 Å². The summed E-state index contributed by atoms with van der Waals surface area (Å²) >= 11 is 0. The monoisotopic (exact) mass is 266 g/mol. The molecule has 0 bridgehead atoms. The normalized spacial score (nSPS) is 24.4. The molecule has 102 valence electrons. The van der Waals surface area contributed by atoms with Gasteiger partial charge in [-0.05, 0) is 42.3 Å². The lowest BCUT2D eigenvalue weighted by molar-refractivity contribution is 0.356. The highest BCUT2D eigenvalue weighted by atomic mass is 16.5. The van der Waals surface area contributed by atoms with Gasteiger partial charge in [-0.25, -0.2) is 0 Å². The molecule has 2 aliphatic rings. The molecule has 1 unspecified atom stereocenters. The highest BCUT2D eigenvalue weighted by Gasteiger charge is 2.31. The Labute approximate surface area is 119 Å². The Balaban J connectivity index is 1.67. The van der Waals surface area contributed by atoms with Gasteiger partial charge in [-0.1, -0.05) is 18.2 Å². The van der Waals surface area contributed by atoms with Crippen LogP contribution in [0.25, 0.3) is 0 Å². The van der Waals surface area contributed by atoms with Crippen molar-refractivity contribution in [3.8, 4) is 5.75 Å². The van der Waals surface area contributed by atoms with Gasteiger partial charge in [0, 0.05) is 18.5 Å². The van der Waals surface area contributed by atoms with Crippen LogP contribution >= 0.6 is 0 Å². The van der Waals surface area contributed by atoms with Gasteiger partial charge >= 0.3 is 0 Å². The minimum atomic E-state index is 0.330.